The summed E-state index contributed by atoms with van der Waals surface area (Å²) in [6.07, 6.45) is 1.09. The predicted molar refractivity (Wildman–Crippen MR) is 80.6 cm³/mol. The number of carbonyl (C=O) groups excluding carboxylic acids is 1. The molecule has 2 aromatic heterocycles. The van der Waals surface area contributed by atoms with Crippen LogP contribution >= 0.6 is 0 Å². The quantitative estimate of drug-likeness (QED) is 0.791. The van der Waals surface area contributed by atoms with Gasteiger partial charge in [-0.25, -0.2) is 9.52 Å². The Morgan fingerprint density at radius 1 is 1.43 bits per heavy atom. The number of esters is 1. The monoisotopic (exact) mass is 342 g/mol. The Morgan fingerprint density at radius 3 is 2.70 bits per heavy atom. The van der Waals surface area contributed by atoms with Gasteiger partial charge in [-0.1, -0.05) is 25.9 Å². The van der Waals surface area contributed by atoms with Gasteiger partial charge in [-0.3, -0.25) is 5.10 Å². The molecule has 23 heavy (non-hydrogen) atoms. The Labute approximate surface area is 133 Å². The van der Waals surface area contributed by atoms with E-state index in [1.54, 1.807) is 6.92 Å². The number of hydrogen-bond acceptors (Lipinski definition) is 7. The van der Waals surface area contributed by atoms with Crippen LogP contribution in [0.1, 0.15) is 43.7 Å². The first-order chi connectivity index (χ1) is 10.6. The fourth-order valence-corrected chi connectivity index (χ4v) is 2.76. The van der Waals surface area contributed by atoms with Gasteiger partial charge in [0, 0.05) is 11.5 Å². The van der Waals surface area contributed by atoms with Crippen molar-refractivity contribution in [2.24, 2.45) is 0 Å². The summed E-state index contributed by atoms with van der Waals surface area (Å²) in [6, 6.07) is 1.48. The van der Waals surface area contributed by atoms with E-state index in [2.05, 4.69) is 20.1 Å². The van der Waals surface area contributed by atoms with Crippen LogP contribution in [0, 0.1) is 0 Å². The van der Waals surface area contributed by atoms with Crippen LogP contribution in [-0.4, -0.2) is 36.3 Å². The maximum absolute atomic E-state index is 12.4. The zero-order valence-corrected chi connectivity index (χ0v) is 14.0. The molecule has 10 heteroatoms. The summed E-state index contributed by atoms with van der Waals surface area (Å²) in [7, 11) is -4.10. The minimum Gasteiger partial charge on any atom is -0.462 e. The second-order valence-electron chi connectivity index (χ2n) is 5.77. The summed E-state index contributed by atoms with van der Waals surface area (Å²) in [6.45, 7) is 7.48. The number of anilines is 1. The normalized spacial score (nSPS) is 12.2. The van der Waals surface area contributed by atoms with Crippen LogP contribution < -0.4 is 4.72 Å². The van der Waals surface area contributed by atoms with Gasteiger partial charge in [0.2, 0.25) is 5.88 Å². The standard InChI is InChI=1S/C13H18N4O5S/c1-5-21-12(18)8-7-14-15-11(8)23(19,20)17-10-6-9(16-22-10)13(2,3)4/h6-7,17H,5H2,1-4H3,(H,14,15). The van der Waals surface area contributed by atoms with E-state index in [4.69, 9.17) is 9.26 Å². The van der Waals surface area contributed by atoms with Crippen LogP contribution in [0.4, 0.5) is 5.88 Å². The van der Waals surface area contributed by atoms with Crippen LogP contribution in [0.3, 0.4) is 0 Å². The lowest BCUT2D eigenvalue weighted by molar-refractivity contribution is 0.0522. The number of aromatic nitrogens is 3. The Hall–Kier alpha value is -2.36. The molecule has 126 valence electrons. The van der Waals surface area contributed by atoms with Crippen LogP contribution in [0.2, 0.25) is 0 Å². The molecule has 0 aromatic carbocycles. The summed E-state index contributed by atoms with van der Waals surface area (Å²) >= 11 is 0. The second-order valence-corrected chi connectivity index (χ2v) is 7.38. The Bertz CT molecular complexity index is 800. The van der Waals surface area contributed by atoms with Gasteiger partial charge in [-0.05, 0) is 6.92 Å². The highest BCUT2D eigenvalue weighted by Crippen LogP contribution is 2.25. The van der Waals surface area contributed by atoms with Crippen molar-refractivity contribution in [3.8, 4) is 0 Å². The third-order valence-corrected chi connectivity index (χ3v) is 4.20. The summed E-state index contributed by atoms with van der Waals surface area (Å²) < 4.78 is 36.7. The third kappa shape index (κ3) is 3.70. The molecule has 2 rings (SSSR count). The van der Waals surface area contributed by atoms with Crippen LogP contribution in [0.5, 0.6) is 0 Å². The molecule has 0 fully saturated rings. The van der Waals surface area contributed by atoms with Gasteiger partial charge in [0.25, 0.3) is 10.0 Å². The van der Waals surface area contributed by atoms with Crippen molar-refractivity contribution in [1.29, 1.82) is 0 Å². The van der Waals surface area contributed by atoms with Crippen molar-refractivity contribution in [3.63, 3.8) is 0 Å². The second kappa shape index (κ2) is 6.03. The van der Waals surface area contributed by atoms with E-state index in [1.165, 1.54) is 6.07 Å². The minimum absolute atomic E-state index is 0.0562. The highest BCUT2D eigenvalue weighted by molar-refractivity contribution is 7.92. The zero-order chi connectivity index (χ0) is 17.3. The fourth-order valence-electron chi connectivity index (χ4n) is 1.69. The lowest BCUT2D eigenvalue weighted by Crippen LogP contribution is -2.17. The fraction of sp³-hybridized carbons (Fsp3) is 0.462. The van der Waals surface area contributed by atoms with Crippen LogP contribution in [-0.2, 0) is 20.2 Å². The van der Waals surface area contributed by atoms with Gasteiger partial charge in [0.15, 0.2) is 5.03 Å². The molecule has 0 aliphatic carbocycles. The topological polar surface area (TPSA) is 127 Å². The third-order valence-electron chi connectivity index (χ3n) is 2.88. The number of ether oxygens (including phenoxy) is 1. The summed E-state index contributed by atoms with van der Waals surface area (Å²) in [4.78, 5) is 11.8. The molecule has 0 aliphatic heterocycles. The molecule has 2 heterocycles. The first-order valence-electron chi connectivity index (χ1n) is 6.85. The van der Waals surface area contributed by atoms with E-state index in [0.717, 1.165) is 6.20 Å². The molecule has 2 aromatic rings. The molecule has 0 spiro atoms. The smallest absolute Gasteiger partial charge is 0.342 e. The largest absolute Gasteiger partial charge is 0.462 e. The van der Waals surface area contributed by atoms with Crippen LogP contribution in [0.15, 0.2) is 21.8 Å². The van der Waals surface area contributed by atoms with Gasteiger partial charge < -0.3 is 9.26 Å². The molecular formula is C13H18N4O5S. The molecule has 0 amide bonds. The number of sulfonamides is 1. The zero-order valence-electron chi connectivity index (χ0n) is 13.2. The molecule has 2 N–H and O–H groups in total. The van der Waals surface area contributed by atoms with Crippen LogP contribution in [0.25, 0.3) is 0 Å². The van der Waals surface area contributed by atoms with E-state index in [-0.39, 0.29) is 23.5 Å². The molecular weight excluding hydrogens is 324 g/mol. The molecule has 0 atom stereocenters. The summed E-state index contributed by atoms with van der Waals surface area (Å²) in [5.41, 5.74) is 0.109. The first-order valence-corrected chi connectivity index (χ1v) is 8.34. The molecule has 0 bridgehead atoms. The molecule has 0 radical (unpaired) electrons. The maximum Gasteiger partial charge on any atom is 0.342 e. The maximum atomic E-state index is 12.4. The van der Waals surface area contributed by atoms with Gasteiger partial charge in [-0.15, -0.1) is 0 Å². The van der Waals surface area contributed by atoms with Crippen molar-refractivity contribution in [2.45, 2.75) is 38.1 Å². The lowest BCUT2D eigenvalue weighted by Gasteiger charge is -2.12. The summed E-state index contributed by atoms with van der Waals surface area (Å²) in [5.74, 6) is -0.839. The number of nitrogens with zero attached hydrogens (tertiary/aromatic N) is 2. The molecule has 9 nitrogen and oxygen atoms in total. The van der Waals surface area contributed by atoms with Crippen molar-refractivity contribution >= 4 is 21.9 Å². The average Bonchev–Trinajstić information content (AvgIpc) is 3.05. The SMILES string of the molecule is CCOC(=O)c1cn[nH]c1S(=O)(=O)Nc1cc(C(C)(C)C)no1. The Balaban J connectivity index is 2.28. The lowest BCUT2D eigenvalue weighted by atomic mass is 9.92. The number of hydrogen-bond donors (Lipinski definition) is 2. The molecule has 0 saturated carbocycles. The van der Waals surface area contributed by atoms with Gasteiger partial charge in [0.05, 0.1) is 18.5 Å². The number of nitrogens with one attached hydrogen (secondary N) is 2. The average molecular weight is 342 g/mol. The van der Waals surface area contributed by atoms with E-state index in [0.29, 0.717) is 5.69 Å². The van der Waals surface area contributed by atoms with Gasteiger partial charge >= 0.3 is 5.97 Å². The Morgan fingerprint density at radius 2 is 2.13 bits per heavy atom. The number of carbonyl (C=O) groups is 1. The van der Waals surface area contributed by atoms with Crippen molar-refractivity contribution in [1.82, 2.24) is 15.4 Å². The number of aromatic amines is 1. The predicted octanol–water partition coefficient (Wildman–Crippen LogP) is 1.67. The highest BCUT2D eigenvalue weighted by atomic mass is 32.2. The van der Waals surface area contributed by atoms with Gasteiger partial charge in [-0.2, -0.15) is 13.5 Å². The van der Waals surface area contributed by atoms with E-state index >= 15 is 0 Å². The summed E-state index contributed by atoms with van der Waals surface area (Å²) in [5, 5.41) is 9.29. The molecule has 0 aliphatic rings. The van der Waals surface area contributed by atoms with E-state index in [9.17, 15) is 13.2 Å². The number of H-pyrrole nitrogens is 1. The molecule has 0 unspecified atom stereocenters. The van der Waals surface area contributed by atoms with Crippen molar-refractivity contribution in [2.75, 3.05) is 11.3 Å². The van der Waals surface area contributed by atoms with E-state index < -0.39 is 21.0 Å². The molecule has 0 saturated heterocycles. The van der Waals surface area contributed by atoms with E-state index in [1.807, 2.05) is 20.8 Å². The van der Waals surface area contributed by atoms with Crippen molar-refractivity contribution < 1.29 is 22.5 Å². The highest BCUT2D eigenvalue weighted by Gasteiger charge is 2.28. The number of rotatable bonds is 5. The van der Waals surface area contributed by atoms with Gasteiger partial charge in [0.1, 0.15) is 5.56 Å². The van der Waals surface area contributed by atoms with Crippen molar-refractivity contribution in [3.05, 3.63) is 23.5 Å². The Kier molecular flexibility index (Phi) is 4.46. The first kappa shape index (κ1) is 17.0. The minimum atomic E-state index is -4.10.